The zero-order valence-electron chi connectivity index (χ0n) is 9.66. The Morgan fingerprint density at radius 3 is 2.56 bits per heavy atom. The molecule has 0 fully saturated rings. The molecule has 16 heavy (non-hydrogen) atoms. The lowest BCUT2D eigenvalue weighted by Gasteiger charge is -2.15. The van der Waals surface area contributed by atoms with E-state index in [2.05, 4.69) is 5.32 Å². The van der Waals surface area contributed by atoms with Gasteiger partial charge in [-0.25, -0.2) is 9.18 Å². The van der Waals surface area contributed by atoms with Gasteiger partial charge in [0.1, 0.15) is 5.82 Å². The molecule has 0 spiro atoms. The van der Waals surface area contributed by atoms with Gasteiger partial charge in [-0.15, -0.1) is 0 Å². The van der Waals surface area contributed by atoms with Crippen LogP contribution in [0.25, 0.3) is 0 Å². The molecule has 0 unspecified atom stereocenters. The van der Waals surface area contributed by atoms with Gasteiger partial charge in [0.05, 0.1) is 0 Å². The van der Waals surface area contributed by atoms with E-state index in [0.29, 0.717) is 19.5 Å². The number of carbonyl (C=O) groups excluding carboxylic acids is 1. The van der Waals surface area contributed by atoms with Crippen LogP contribution >= 0.6 is 0 Å². The van der Waals surface area contributed by atoms with Gasteiger partial charge in [0.25, 0.3) is 0 Å². The first-order valence-corrected chi connectivity index (χ1v) is 5.37. The first-order chi connectivity index (χ1) is 7.63. The van der Waals surface area contributed by atoms with Gasteiger partial charge in [0.15, 0.2) is 0 Å². The molecule has 2 amide bonds. The second-order valence-electron chi connectivity index (χ2n) is 3.62. The molecule has 0 bridgehead atoms. The Kier molecular flexibility index (Phi) is 4.76. The number of urea groups is 1. The smallest absolute Gasteiger partial charge is 0.317 e. The van der Waals surface area contributed by atoms with Gasteiger partial charge < -0.3 is 10.2 Å². The highest BCUT2D eigenvalue weighted by atomic mass is 19.1. The van der Waals surface area contributed by atoms with Crippen molar-refractivity contribution in [2.24, 2.45) is 0 Å². The summed E-state index contributed by atoms with van der Waals surface area (Å²) >= 11 is 0. The third-order valence-corrected chi connectivity index (χ3v) is 2.42. The quantitative estimate of drug-likeness (QED) is 0.833. The standard InChI is InChI=1S/C12H17FN2O/c1-3-15(2)12(16)14-9-8-10-4-6-11(13)7-5-10/h4-7H,3,8-9H2,1-2H3,(H,14,16). The second kappa shape index (κ2) is 6.10. The summed E-state index contributed by atoms with van der Waals surface area (Å²) in [6, 6.07) is 6.23. The maximum atomic E-state index is 12.6. The molecule has 3 nitrogen and oxygen atoms in total. The van der Waals surface area contributed by atoms with Crippen LogP contribution < -0.4 is 5.32 Å². The van der Waals surface area contributed by atoms with Gasteiger partial charge in [-0.3, -0.25) is 0 Å². The number of amides is 2. The lowest BCUT2D eigenvalue weighted by Crippen LogP contribution is -2.37. The fraction of sp³-hybridized carbons (Fsp3) is 0.417. The maximum Gasteiger partial charge on any atom is 0.317 e. The normalized spacial score (nSPS) is 9.94. The van der Waals surface area contributed by atoms with Crippen molar-refractivity contribution in [2.75, 3.05) is 20.1 Å². The predicted molar refractivity (Wildman–Crippen MR) is 61.8 cm³/mol. The largest absolute Gasteiger partial charge is 0.338 e. The van der Waals surface area contributed by atoms with E-state index >= 15 is 0 Å². The van der Waals surface area contributed by atoms with E-state index in [-0.39, 0.29) is 11.8 Å². The summed E-state index contributed by atoms with van der Waals surface area (Å²) in [7, 11) is 1.74. The molecule has 1 rings (SSSR count). The van der Waals surface area contributed by atoms with Crippen LogP contribution in [0.4, 0.5) is 9.18 Å². The van der Waals surface area contributed by atoms with Crippen molar-refractivity contribution in [3.8, 4) is 0 Å². The van der Waals surface area contributed by atoms with Gasteiger partial charge in [-0.1, -0.05) is 12.1 Å². The Labute approximate surface area is 95.3 Å². The van der Waals surface area contributed by atoms with Crippen LogP contribution in [0, 0.1) is 5.82 Å². The zero-order chi connectivity index (χ0) is 12.0. The van der Waals surface area contributed by atoms with Crippen LogP contribution in [0.5, 0.6) is 0 Å². The van der Waals surface area contributed by atoms with Crippen LogP contribution in [0.15, 0.2) is 24.3 Å². The zero-order valence-corrected chi connectivity index (χ0v) is 9.66. The molecule has 0 aliphatic carbocycles. The molecule has 0 saturated heterocycles. The molecule has 4 heteroatoms. The van der Waals surface area contributed by atoms with Gasteiger partial charge >= 0.3 is 6.03 Å². The summed E-state index contributed by atoms with van der Waals surface area (Å²) in [5.74, 6) is -0.237. The van der Waals surface area contributed by atoms with Crippen LogP contribution in [0.1, 0.15) is 12.5 Å². The van der Waals surface area contributed by atoms with Crippen molar-refractivity contribution in [3.63, 3.8) is 0 Å². The molecule has 0 aliphatic heterocycles. The summed E-state index contributed by atoms with van der Waals surface area (Å²) in [6.45, 7) is 3.16. The van der Waals surface area contributed by atoms with Gasteiger partial charge in [0, 0.05) is 20.1 Å². The average molecular weight is 224 g/mol. The minimum Gasteiger partial charge on any atom is -0.338 e. The average Bonchev–Trinajstić information content (AvgIpc) is 2.30. The van der Waals surface area contributed by atoms with E-state index in [9.17, 15) is 9.18 Å². The molecule has 0 radical (unpaired) electrons. The fourth-order valence-corrected chi connectivity index (χ4v) is 1.24. The number of rotatable bonds is 4. The number of hydrogen-bond acceptors (Lipinski definition) is 1. The second-order valence-corrected chi connectivity index (χ2v) is 3.62. The molecule has 0 saturated carbocycles. The third-order valence-electron chi connectivity index (χ3n) is 2.42. The highest BCUT2D eigenvalue weighted by Gasteiger charge is 2.04. The molecule has 0 aliphatic rings. The lowest BCUT2D eigenvalue weighted by atomic mass is 10.1. The molecule has 0 aromatic heterocycles. The highest BCUT2D eigenvalue weighted by Crippen LogP contribution is 2.02. The summed E-state index contributed by atoms with van der Waals surface area (Å²) < 4.78 is 12.6. The van der Waals surface area contributed by atoms with E-state index in [1.165, 1.54) is 12.1 Å². The number of halogens is 1. The van der Waals surface area contributed by atoms with Crippen molar-refractivity contribution in [1.82, 2.24) is 10.2 Å². The van der Waals surface area contributed by atoms with E-state index in [1.54, 1.807) is 24.1 Å². The Balaban J connectivity index is 2.30. The number of hydrogen-bond donors (Lipinski definition) is 1. The summed E-state index contributed by atoms with van der Waals surface area (Å²) in [6.07, 6.45) is 0.712. The van der Waals surface area contributed by atoms with Gasteiger partial charge in [0.2, 0.25) is 0 Å². The van der Waals surface area contributed by atoms with Crippen molar-refractivity contribution in [3.05, 3.63) is 35.6 Å². The molecular weight excluding hydrogens is 207 g/mol. The lowest BCUT2D eigenvalue weighted by molar-refractivity contribution is 0.211. The monoisotopic (exact) mass is 224 g/mol. The predicted octanol–water partition coefficient (Wildman–Crippen LogP) is 2.03. The topological polar surface area (TPSA) is 32.3 Å². The highest BCUT2D eigenvalue weighted by molar-refractivity contribution is 5.73. The van der Waals surface area contributed by atoms with E-state index in [1.807, 2.05) is 6.92 Å². The molecule has 1 aromatic carbocycles. The SMILES string of the molecule is CCN(C)C(=O)NCCc1ccc(F)cc1. The Hall–Kier alpha value is -1.58. The van der Waals surface area contributed by atoms with Crippen molar-refractivity contribution in [1.29, 1.82) is 0 Å². The molecule has 1 N–H and O–H groups in total. The first kappa shape index (κ1) is 12.5. The van der Waals surface area contributed by atoms with E-state index < -0.39 is 0 Å². The molecule has 0 heterocycles. The van der Waals surface area contributed by atoms with Gasteiger partial charge in [-0.2, -0.15) is 0 Å². The van der Waals surface area contributed by atoms with Crippen LogP contribution in [0.2, 0.25) is 0 Å². The molecule has 1 aromatic rings. The molecule has 0 atom stereocenters. The minimum atomic E-state index is -0.237. The number of nitrogens with zero attached hydrogens (tertiary/aromatic N) is 1. The van der Waals surface area contributed by atoms with Gasteiger partial charge in [-0.05, 0) is 31.0 Å². The summed E-state index contributed by atoms with van der Waals surface area (Å²) in [5.41, 5.74) is 1.01. The summed E-state index contributed by atoms with van der Waals surface area (Å²) in [5, 5.41) is 2.79. The van der Waals surface area contributed by atoms with Crippen LogP contribution in [-0.4, -0.2) is 31.1 Å². The molecule has 88 valence electrons. The summed E-state index contributed by atoms with van der Waals surface area (Å²) in [4.78, 5) is 13.0. The Morgan fingerprint density at radius 1 is 1.38 bits per heavy atom. The van der Waals surface area contributed by atoms with E-state index in [4.69, 9.17) is 0 Å². The Bertz CT molecular complexity index is 337. The number of nitrogens with one attached hydrogen (secondary N) is 1. The van der Waals surface area contributed by atoms with Crippen molar-refractivity contribution < 1.29 is 9.18 Å². The number of carbonyl (C=O) groups is 1. The number of benzene rings is 1. The van der Waals surface area contributed by atoms with Crippen molar-refractivity contribution >= 4 is 6.03 Å². The van der Waals surface area contributed by atoms with E-state index in [0.717, 1.165) is 5.56 Å². The first-order valence-electron chi connectivity index (χ1n) is 5.37. The maximum absolute atomic E-state index is 12.6. The van der Waals surface area contributed by atoms with Crippen LogP contribution in [-0.2, 0) is 6.42 Å². The fourth-order valence-electron chi connectivity index (χ4n) is 1.24. The van der Waals surface area contributed by atoms with Crippen LogP contribution in [0.3, 0.4) is 0 Å². The Morgan fingerprint density at radius 2 is 2.00 bits per heavy atom. The van der Waals surface area contributed by atoms with Crippen molar-refractivity contribution in [2.45, 2.75) is 13.3 Å². The minimum absolute atomic E-state index is 0.0791. The third kappa shape index (κ3) is 3.88. The molecular formula is C12H17FN2O.